The zero-order valence-corrected chi connectivity index (χ0v) is 19.8. The van der Waals surface area contributed by atoms with E-state index in [2.05, 4.69) is 5.32 Å². The Labute approximate surface area is 208 Å². The second-order valence-electron chi connectivity index (χ2n) is 8.21. The molecule has 0 unspecified atom stereocenters. The standard InChI is InChI=1S/C25H31NO10/c1-15-21(28)22(29)23(30)25(36-15)34-12-11-33-10-9-26-20(27)14-35-19-7-5-16(6-8-19)17-3-2-4-18(13-17)24(31)32/h2-8,13,15,21-23,25,28-30H,9-12,14H2,1H3,(H,26,27)(H,31,32)/t15-,21-,22+,23+,25+/m0/s1. The number of aliphatic hydroxyl groups is 3. The first kappa shape index (κ1) is 27.5. The van der Waals surface area contributed by atoms with Crippen molar-refractivity contribution in [3.8, 4) is 16.9 Å². The fourth-order valence-corrected chi connectivity index (χ4v) is 3.51. The van der Waals surface area contributed by atoms with Crippen molar-refractivity contribution in [2.45, 2.75) is 37.6 Å². The molecule has 5 atom stereocenters. The molecule has 11 nitrogen and oxygen atoms in total. The molecule has 0 bridgehead atoms. The van der Waals surface area contributed by atoms with Gasteiger partial charge in [-0.3, -0.25) is 4.79 Å². The van der Waals surface area contributed by atoms with E-state index < -0.39 is 36.7 Å². The molecular formula is C25H31NO10. The number of carboxylic acids is 1. The molecule has 0 saturated carbocycles. The summed E-state index contributed by atoms with van der Waals surface area (Å²) < 4.78 is 21.5. The number of carbonyl (C=O) groups is 2. The zero-order chi connectivity index (χ0) is 26.1. The SMILES string of the molecule is C[C@@H]1O[C@@H](OCCOCCNC(=O)COc2ccc(-c3cccc(C(=O)O)c3)cc2)[C@H](O)[C@H](O)[C@H]1O. The van der Waals surface area contributed by atoms with Gasteiger partial charge in [-0.25, -0.2) is 4.79 Å². The number of carbonyl (C=O) groups excluding carboxylic acids is 1. The predicted molar refractivity (Wildman–Crippen MR) is 126 cm³/mol. The van der Waals surface area contributed by atoms with Crippen LogP contribution in [0.3, 0.4) is 0 Å². The van der Waals surface area contributed by atoms with Crippen LogP contribution in [0.4, 0.5) is 0 Å². The minimum Gasteiger partial charge on any atom is -0.484 e. The minimum absolute atomic E-state index is 0.0882. The maximum Gasteiger partial charge on any atom is 0.335 e. The van der Waals surface area contributed by atoms with Crippen LogP contribution in [0.25, 0.3) is 11.1 Å². The fourth-order valence-electron chi connectivity index (χ4n) is 3.51. The van der Waals surface area contributed by atoms with Crippen LogP contribution >= 0.6 is 0 Å². The molecule has 2 aromatic carbocycles. The van der Waals surface area contributed by atoms with Crippen molar-refractivity contribution in [2.75, 3.05) is 33.0 Å². The van der Waals surface area contributed by atoms with Gasteiger partial charge in [0.2, 0.25) is 0 Å². The highest BCUT2D eigenvalue weighted by atomic mass is 16.7. The molecule has 11 heteroatoms. The van der Waals surface area contributed by atoms with Crippen molar-refractivity contribution >= 4 is 11.9 Å². The number of rotatable bonds is 12. The van der Waals surface area contributed by atoms with Gasteiger partial charge >= 0.3 is 5.97 Å². The van der Waals surface area contributed by atoms with Crippen molar-refractivity contribution in [1.82, 2.24) is 5.32 Å². The number of amides is 1. The highest BCUT2D eigenvalue weighted by molar-refractivity contribution is 5.89. The third kappa shape index (κ3) is 7.72. The third-order valence-electron chi connectivity index (χ3n) is 5.55. The molecule has 1 fully saturated rings. The summed E-state index contributed by atoms with van der Waals surface area (Å²) in [7, 11) is 0. The largest absolute Gasteiger partial charge is 0.484 e. The molecule has 1 saturated heterocycles. The molecule has 2 aromatic rings. The maximum absolute atomic E-state index is 12.0. The van der Waals surface area contributed by atoms with Gasteiger partial charge in [0.05, 0.1) is 31.5 Å². The average Bonchev–Trinajstić information content (AvgIpc) is 2.88. The van der Waals surface area contributed by atoms with Crippen LogP contribution in [0.15, 0.2) is 48.5 Å². The zero-order valence-electron chi connectivity index (χ0n) is 19.8. The van der Waals surface area contributed by atoms with Gasteiger partial charge in [-0.1, -0.05) is 24.3 Å². The monoisotopic (exact) mass is 505 g/mol. The number of aromatic carboxylic acids is 1. The summed E-state index contributed by atoms with van der Waals surface area (Å²) in [6.45, 7) is 2.13. The van der Waals surface area contributed by atoms with Gasteiger partial charge in [-0.2, -0.15) is 0 Å². The summed E-state index contributed by atoms with van der Waals surface area (Å²) in [5.41, 5.74) is 1.79. The molecule has 36 heavy (non-hydrogen) atoms. The molecule has 1 amide bonds. The number of aliphatic hydroxyl groups excluding tert-OH is 3. The lowest BCUT2D eigenvalue weighted by atomic mass is 10.0. The van der Waals surface area contributed by atoms with Crippen molar-refractivity contribution in [2.24, 2.45) is 0 Å². The van der Waals surface area contributed by atoms with E-state index >= 15 is 0 Å². The van der Waals surface area contributed by atoms with E-state index in [9.17, 15) is 24.9 Å². The summed E-state index contributed by atoms with van der Waals surface area (Å²) in [5.74, 6) is -0.823. The third-order valence-corrected chi connectivity index (χ3v) is 5.55. The van der Waals surface area contributed by atoms with Gasteiger partial charge in [0.15, 0.2) is 12.9 Å². The first-order valence-electron chi connectivity index (χ1n) is 11.5. The normalized spacial score (nSPS) is 23.7. The van der Waals surface area contributed by atoms with Crippen LogP contribution < -0.4 is 10.1 Å². The second kappa shape index (κ2) is 13.3. The lowest BCUT2D eigenvalue weighted by molar-refractivity contribution is -0.294. The van der Waals surface area contributed by atoms with Gasteiger partial charge in [0.25, 0.3) is 5.91 Å². The topological polar surface area (TPSA) is 164 Å². The lowest BCUT2D eigenvalue weighted by Gasteiger charge is -2.38. The Balaban J connectivity index is 1.28. The first-order valence-corrected chi connectivity index (χ1v) is 11.5. The van der Waals surface area contributed by atoms with Crippen LogP contribution in [0.1, 0.15) is 17.3 Å². The van der Waals surface area contributed by atoms with E-state index in [0.29, 0.717) is 5.75 Å². The smallest absolute Gasteiger partial charge is 0.335 e. The Morgan fingerprint density at radius 2 is 1.69 bits per heavy atom. The Kier molecular flexibility index (Phi) is 10.2. The second-order valence-corrected chi connectivity index (χ2v) is 8.21. The van der Waals surface area contributed by atoms with Gasteiger partial charge in [0, 0.05) is 6.54 Å². The summed E-state index contributed by atoms with van der Waals surface area (Å²) in [4.78, 5) is 23.1. The van der Waals surface area contributed by atoms with Crippen LogP contribution in [-0.4, -0.2) is 96.0 Å². The number of benzene rings is 2. The molecule has 0 aromatic heterocycles. The van der Waals surface area contributed by atoms with Crippen LogP contribution in [-0.2, 0) is 19.0 Å². The summed E-state index contributed by atoms with van der Waals surface area (Å²) in [5, 5.41) is 41.1. The molecule has 1 aliphatic heterocycles. The van der Waals surface area contributed by atoms with E-state index in [1.807, 2.05) is 6.07 Å². The molecular weight excluding hydrogens is 474 g/mol. The summed E-state index contributed by atoms with van der Waals surface area (Å²) >= 11 is 0. The quantitative estimate of drug-likeness (QED) is 0.255. The number of carboxylic acid groups (broad SMARTS) is 1. The fraction of sp³-hybridized carbons (Fsp3) is 0.440. The number of hydrogen-bond acceptors (Lipinski definition) is 9. The molecule has 0 spiro atoms. The lowest BCUT2D eigenvalue weighted by Crippen LogP contribution is -2.57. The molecule has 0 aliphatic carbocycles. The van der Waals surface area contributed by atoms with E-state index in [0.717, 1.165) is 11.1 Å². The number of nitrogens with one attached hydrogen (secondary N) is 1. The summed E-state index contributed by atoms with van der Waals surface area (Å²) in [6.07, 6.45) is -5.66. The van der Waals surface area contributed by atoms with Crippen molar-refractivity contribution in [1.29, 1.82) is 0 Å². The molecule has 5 N–H and O–H groups in total. The van der Waals surface area contributed by atoms with Crippen molar-refractivity contribution < 1.29 is 49.0 Å². The van der Waals surface area contributed by atoms with E-state index in [-0.39, 0.29) is 44.4 Å². The van der Waals surface area contributed by atoms with Crippen LogP contribution in [0, 0.1) is 0 Å². The minimum atomic E-state index is -1.37. The first-order chi connectivity index (χ1) is 17.3. The van der Waals surface area contributed by atoms with Gasteiger partial charge < -0.3 is 44.7 Å². The molecule has 1 heterocycles. The molecule has 3 rings (SSSR count). The van der Waals surface area contributed by atoms with Gasteiger partial charge in [-0.05, 0) is 42.3 Å². The Bertz CT molecular complexity index is 999. The Morgan fingerprint density at radius 1 is 0.944 bits per heavy atom. The molecule has 0 radical (unpaired) electrons. The van der Waals surface area contributed by atoms with Crippen molar-refractivity contribution in [3.05, 3.63) is 54.1 Å². The van der Waals surface area contributed by atoms with Crippen LogP contribution in [0.5, 0.6) is 5.75 Å². The van der Waals surface area contributed by atoms with E-state index in [4.69, 9.17) is 24.1 Å². The average molecular weight is 506 g/mol. The predicted octanol–water partition coefficient (Wildman–Crippen LogP) is 0.408. The van der Waals surface area contributed by atoms with E-state index in [1.54, 1.807) is 43.3 Å². The summed E-state index contributed by atoms with van der Waals surface area (Å²) in [6, 6.07) is 13.6. The van der Waals surface area contributed by atoms with Crippen molar-refractivity contribution in [3.63, 3.8) is 0 Å². The highest BCUT2D eigenvalue weighted by Crippen LogP contribution is 2.24. The number of hydrogen-bond donors (Lipinski definition) is 5. The molecule has 1 aliphatic rings. The Morgan fingerprint density at radius 3 is 2.42 bits per heavy atom. The van der Waals surface area contributed by atoms with Gasteiger partial charge in [0.1, 0.15) is 24.1 Å². The number of ether oxygens (including phenoxy) is 4. The van der Waals surface area contributed by atoms with Crippen LogP contribution in [0.2, 0.25) is 0 Å². The maximum atomic E-state index is 12.0. The molecule has 196 valence electrons. The highest BCUT2D eigenvalue weighted by Gasteiger charge is 2.42. The van der Waals surface area contributed by atoms with Gasteiger partial charge in [-0.15, -0.1) is 0 Å². The van der Waals surface area contributed by atoms with E-state index in [1.165, 1.54) is 6.07 Å². The Hall–Kier alpha value is -3.06.